The average Bonchev–Trinajstić information content (AvgIpc) is 2.87. The van der Waals surface area contributed by atoms with Crippen LogP contribution in [0.25, 0.3) is 16.5 Å². The van der Waals surface area contributed by atoms with Gasteiger partial charge in [0.15, 0.2) is 0 Å². The van der Waals surface area contributed by atoms with Gasteiger partial charge < -0.3 is 0 Å². The summed E-state index contributed by atoms with van der Waals surface area (Å²) in [6.45, 7) is 5.23. The molecule has 24 heavy (non-hydrogen) atoms. The number of aromatic nitrogens is 2. The Morgan fingerprint density at radius 2 is 1.79 bits per heavy atom. The zero-order chi connectivity index (χ0) is 17.1. The van der Waals surface area contributed by atoms with E-state index in [1.165, 1.54) is 35.6 Å². The maximum Gasteiger partial charge on any atom is 0.260 e. The molecule has 0 N–H and O–H groups in total. The fourth-order valence-corrected chi connectivity index (χ4v) is 3.62. The predicted octanol–water partition coefficient (Wildman–Crippen LogP) is 6.11. The topological polar surface area (TPSA) is 8.81 Å². The van der Waals surface area contributed by atoms with E-state index in [-0.39, 0.29) is 0 Å². The lowest BCUT2D eigenvalue weighted by Gasteiger charge is -2.07. The number of benzene rings is 2. The van der Waals surface area contributed by atoms with Crippen LogP contribution in [0.5, 0.6) is 0 Å². The van der Waals surface area contributed by atoms with Gasteiger partial charge >= 0.3 is 0 Å². The molecule has 1 heterocycles. The third-order valence-electron chi connectivity index (χ3n) is 4.48. The number of nitrogens with zero attached hydrogens (tertiary/aromatic N) is 2. The van der Waals surface area contributed by atoms with Gasteiger partial charge in [-0.2, -0.15) is 4.57 Å². The molecular weight excluding hydrogens is 339 g/mol. The Morgan fingerprint density at radius 3 is 2.58 bits per heavy atom. The molecule has 3 aromatic rings. The minimum atomic E-state index is 0.576. The van der Waals surface area contributed by atoms with Crippen molar-refractivity contribution in [3.63, 3.8) is 0 Å². The number of rotatable bonds is 6. The number of halogens is 2. The normalized spacial score (nSPS) is 11.3. The molecule has 4 heteroatoms. The molecule has 0 aliphatic heterocycles. The van der Waals surface area contributed by atoms with Crippen LogP contribution in [0.15, 0.2) is 42.7 Å². The SMILES string of the molecule is CCCCCC[n+]1cn(-c2c(C)ccc3ccccc23)c(Cl)c1Cl. The molecule has 0 radical (unpaired) electrons. The van der Waals surface area contributed by atoms with Gasteiger partial charge in [0, 0.05) is 5.39 Å². The van der Waals surface area contributed by atoms with Crippen molar-refractivity contribution in [3.8, 4) is 5.69 Å². The summed E-state index contributed by atoms with van der Waals surface area (Å²) in [7, 11) is 0. The molecule has 3 rings (SSSR count). The predicted molar refractivity (Wildman–Crippen MR) is 102 cm³/mol. The second-order valence-corrected chi connectivity index (χ2v) is 6.99. The number of aryl methyl sites for hydroxylation is 2. The summed E-state index contributed by atoms with van der Waals surface area (Å²) in [5.41, 5.74) is 2.28. The summed E-state index contributed by atoms with van der Waals surface area (Å²) in [6.07, 6.45) is 6.86. The van der Waals surface area contributed by atoms with Crippen LogP contribution < -0.4 is 4.57 Å². The quantitative estimate of drug-likeness (QED) is 0.369. The molecule has 1 aromatic heterocycles. The molecule has 0 bridgehead atoms. The molecule has 0 aliphatic rings. The first-order chi connectivity index (χ1) is 11.6. The van der Waals surface area contributed by atoms with E-state index >= 15 is 0 Å². The Hall–Kier alpha value is -1.51. The molecule has 0 unspecified atom stereocenters. The number of imidazole rings is 1. The first-order valence-electron chi connectivity index (χ1n) is 8.58. The van der Waals surface area contributed by atoms with Crippen LogP contribution >= 0.6 is 23.2 Å². The van der Waals surface area contributed by atoms with Crippen molar-refractivity contribution in [1.82, 2.24) is 4.57 Å². The highest BCUT2D eigenvalue weighted by molar-refractivity contribution is 6.40. The minimum absolute atomic E-state index is 0.576. The van der Waals surface area contributed by atoms with Crippen molar-refractivity contribution >= 4 is 34.0 Å². The van der Waals surface area contributed by atoms with Crippen molar-refractivity contribution in [2.75, 3.05) is 0 Å². The molecule has 2 nitrogen and oxygen atoms in total. The van der Waals surface area contributed by atoms with E-state index in [1.54, 1.807) is 0 Å². The van der Waals surface area contributed by atoms with Crippen LogP contribution in [0.3, 0.4) is 0 Å². The highest BCUT2D eigenvalue weighted by atomic mass is 35.5. The second kappa shape index (κ2) is 7.58. The largest absolute Gasteiger partial charge is 0.260 e. The third kappa shape index (κ3) is 3.31. The molecule has 0 amide bonds. The number of fused-ring (bicyclic) bond motifs is 1. The summed E-state index contributed by atoms with van der Waals surface area (Å²) < 4.78 is 4.07. The standard InChI is InChI=1S/C20H23Cl2N2/c1-3-4-5-8-13-23-14-24(20(22)19(23)21)18-15(2)11-12-16-9-6-7-10-17(16)18/h6-7,9-12,14H,3-5,8,13H2,1-2H3/q+1. The van der Waals surface area contributed by atoms with Crippen LogP contribution in [-0.2, 0) is 6.54 Å². The van der Waals surface area contributed by atoms with E-state index < -0.39 is 0 Å². The third-order valence-corrected chi connectivity index (χ3v) is 5.34. The molecule has 0 spiro atoms. The maximum atomic E-state index is 6.57. The monoisotopic (exact) mass is 361 g/mol. The molecule has 0 fully saturated rings. The van der Waals surface area contributed by atoms with E-state index in [0.717, 1.165) is 18.7 Å². The maximum absolute atomic E-state index is 6.57. The molecule has 0 atom stereocenters. The van der Waals surface area contributed by atoms with Crippen molar-refractivity contribution in [1.29, 1.82) is 0 Å². The highest BCUT2D eigenvalue weighted by Crippen LogP contribution is 2.30. The van der Waals surface area contributed by atoms with Gasteiger partial charge in [-0.3, -0.25) is 0 Å². The Morgan fingerprint density at radius 1 is 1.00 bits per heavy atom. The molecule has 2 aromatic carbocycles. The van der Waals surface area contributed by atoms with Crippen molar-refractivity contribution < 1.29 is 4.57 Å². The molecule has 0 saturated carbocycles. The Kier molecular flexibility index (Phi) is 5.47. The Balaban J connectivity index is 2.03. The summed E-state index contributed by atoms with van der Waals surface area (Å²) >= 11 is 13.1. The van der Waals surface area contributed by atoms with Gasteiger partial charge in [-0.1, -0.05) is 56.2 Å². The number of unbranched alkanes of at least 4 members (excludes halogenated alkanes) is 3. The van der Waals surface area contributed by atoms with Crippen molar-refractivity contribution in [3.05, 3.63) is 58.6 Å². The number of hydrogen-bond acceptors (Lipinski definition) is 0. The van der Waals surface area contributed by atoms with Gasteiger partial charge in [-0.25, -0.2) is 4.57 Å². The van der Waals surface area contributed by atoms with Gasteiger partial charge in [-0.05, 0) is 53.9 Å². The van der Waals surface area contributed by atoms with Crippen LogP contribution in [-0.4, -0.2) is 4.57 Å². The Bertz CT molecular complexity index is 852. The average molecular weight is 362 g/mol. The van der Waals surface area contributed by atoms with Gasteiger partial charge in [0.2, 0.25) is 0 Å². The van der Waals surface area contributed by atoms with Crippen LogP contribution in [0.1, 0.15) is 38.2 Å². The van der Waals surface area contributed by atoms with Gasteiger partial charge in [-0.15, -0.1) is 0 Å². The van der Waals surface area contributed by atoms with Gasteiger partial charge in [0.05, 0.1) is 6.54 Å². The fraction of sp³-hybridized carbons (Fsp3) is 0.350. The summed E-state index contributed by atoms with van der Waals surface area (Å²) in [6, 6.07) is 12.6. The smallest absolute Gasteiger partial charge is 0.219 e. The van der Waals surface area contributed by atoms with Crippen molar-refractivity contribution in [2.45, 2.75) is 46.1 Å². The molecule has 126 valence electrons. The summed E-state index contributed by atoms with van der Waals surface area (Å²) in [5, 5.41) is 3.57. The zero-order valence-electron chi connectivity index (χ0n) is 14.2. The van der Waals surface area contributed by atoms with Crippen LogP contribution in [0, 0.1) is 6.92 Å². The highest BCUT2D eigenvalue weighted by Gasteiger charge is 2.23. The van der Waals surface area contributed by atoms with E-state index in [1.807, 2.05) is 10.9 Å². The van der Waals surface area contributed by atoms with Crippen LogP contribution in [0.2, 0.25) is 10.3 Å². The van der Waals surface area contributed by atoms with E-state index in [9.17, 15) is 0 Å². The lowest BCUT2D eigenvalue weighted by Crippen LogP contribution is -2.32. The number of hydrogen-bond donors (Lipinski definition) is 0. The first-order valence-corrected chi connectivity index (χ1v) is 9.33. The van der Waals surface area contributed by atoms with E-state index in [4.69, 9.17) is 23.2 Å². The lowest BCUT2D eigenvalue weighted by atomic mass is 10.0. The van der Waals surface area contributed by atoms with E-state index in [0.29, 0.717) is 10.3 Å². The zero-order valence-corrected chi connectivity index (χ0v) is 15.7. The first kappa shape index (κ1) is 17.3. The van der Waals surface area contributed by atoms with Gasteiger partial charge in [0.1, 0.15) is 5.69 Å². The molecular formula is C20H23Cl2N2+. The fourth-order valence-electron chi connectivity index (χ4n) is 3.16. The van der Waals surface area contributed by atoms with Gasteiger partial charge in [0.25, 0.3) is 16.6 Å². The Labute approximate surface area is 153 Å². The van der Waals surface area contributed by atoms with Crippen molar-refractivity contribution in [2.24, 2.45) is 0 Å². The van der Waals surface area contributed by atoms with Crippen LogP contribution in [0.4, 0.5) is 0 Å². The minimum Gasteiger partial charge on any atom is -0.219 e. The molecule has 0 aliphatic carbocycles. The molecule has 0 saturated heterocycles. The lowest BCUT2D eigenvalue weighted by molar-refractivity contribution is -0.694. The van der Waals surface area contributed by atoms with E-state index in [2.05, 4.69) is 54.8 Å². The summed E-state index contributed by atoms with van der Waals surface area (Å²) in [4.78, 5) is 0. The summed E-state index contributed by atoms with van der Waals surface area (Å²) in [5.74, 6) is 0. The second-order valence-electron chi connectivity index (χ2n) is 6.27.